The molecule has 2 amide bonds. The first kappa shape index (κ1) is 12.8. The van der Waals surface area contributed by atoms with Gasteiger partial charge in [-0.1, -0.05) is 0 Å². The lowest BCUT2D eigenvalue weighted by molar-refractivity contribution is -0.120. The van der Waals surface area contributed by atoms with E-state index in [1.54, 1.807) is 18.5 Å². The van der Waals surface area contributed by atoms with Crippen molar-refractivity contribution >= 4 is 11.8 Å². The van der Waals surface area contributed by atoms with Crippen LogP contribution in [0.15, 0.2) is 47.3 Å². The summed E-state index contributed by atoms with van der Waals surface area (Å²) in [6, 6.07) is 6.76. The predicted octanol–water partition coefficient (Wildman–Crippen LogP) is 0.721. The van der Waals surface area contributed by atoms with E-state index in [2.05, 4.69) is 15.6 Å². The third kappa shape index (κ3) is 3.95. The average molecular weight is 259 g/mol. The van der Waals surface area contributed by atoms with Crippen LogP contribution in [0.25, 0.3) is 0 Å². The summed E-state index contributed by atoms with van der Waals surface area (Å²) in [4.78, 5) is 26.9. The number of furan rings is 1. The van der Waals surface area contributed by atoms with Crippen molar-refractivity contribution in [1.29, 1.82) is 0 Å². The standard InChI is InChI=1S/C13H13N3O3/c17-12(15-8-10-3-5-14-6-4-10)9-16-13(18)11-2-1-7-19-11/h1-7H,8-9H2,(H,15,17)(H,16,18). The quantitative estimate of drug-likeness (QED) is 0.828. The van der Waals surface area contributed by atoms with E-state index in [0.29, 0.717) is 6.54 Å². The molecule has 2 rings (SSSR count). The van der Waals surface area contributed by atoms with E-state index in [4.69, 9.17) is 4.42 Å². The van der Waals surface area contributed by atoms with Crippen molar-refractivity contribution in [2.75, 3.05) is 6.54 Å². The smallest absolute Gasteiger partial charge is 0.287 e. The highest BCUT2D eigenvalue weighted by Crippen LogP contribution is 1.98. The van der Waals surface area contributed by atoms with E-state index in [0.717, 1.165) is 5.56 Å². The van der Waals surface area contributed by atoms with Crippen LogP contribution >= 0.6 is 0 Å². The minimum Gasteiger partial charge on any atom is -0.459 e. The van der Waals surface area contributed by atoms with Gasteiger partial charge >= 0.3 is 0 Å². The number of aromatic nitrogens is 1. The molecule has 0 saturated heterocycles. The van der Waals surface area contributed by atoms with Crippen molar-refractivity contribution < 1.29 is 14.0 Å². The normalized spacial score (nSPS) is 9.89. The fraction of sp³-hybridized carbons (Fsp3) is 0.154. The largest absolute Gasteiger partial charge is 0.459 e. The van der Waals surface area contributed by atoms with Crippen LogP contribution < -0.4 is 10.6 Å². The Hall–Kier alpha value is -2.63. The SMILES string of the molecule is O=C(CNC(=O)c1ccco1)NCc1ccncc1. The Balaban J connectivity index is 1.72. The maximum atomic E-state index is 11.5. The first-order chi connectivity index (χ1) is 9.25. The average Bonchev–Trinajstić information content (AvgIpc) is 2.98. The van der Waals surface area contributed by atoms with Crippen molar-refractivity contribution in [1.82, 2.24) is 15.6 Å². The molecule has 0 bridgehead atoms. The Morgan fingerprint density at radius 1 is 1.16 bits per heavy atom. The Morgan fingerprint density at radius 3 is 2.63 bits per heavy atom. The van der Waals surface area contributed by atoms with Crippen LogP contribution in [0.4, 0.5) is 0 Å². The summed E-state index contributed by atoms with van der Waals surface area (Å²) in [6.45, 7) is 0.308. The van der Waals surface area contributed by atoms with E-state index in [-0.39, 0.29) is 18.2 Å². The first-order valence-corrected chi connectivity index (χ1v) is 5.73. The fourth-order valence-electron chi connectivity index (χ4n) is 1.42. The maximum absolute atomic E-state index is 11.5. The highest BCUT2D eigenvalue weighted by atomic mass is 16.3. The molecule has 0 radical (unpaired) electrons. The predicted molar refractivity (Wildman–Crippen MR) is 67.1 cm³/mol. The summed E-state index contributed by atoms with van der Waals surface area (Å²) in [5.41, 5.74) is 0.945. The monoisotopic (exact) mass is 259 g/mol. The van der Waals surface area contributed by atoms with E-state index >= 15 is 0 Å². The molecular formula is C13H13N3O3. The fourth-order valence-corrected chi connectivity index (χ4v) is 1.42. The zero-order valence-corrected chi connectivity index (χ0v) is 10.1. The molecule has 2 N–H and O–H groups in total. The van der Waals surface area contributed by atoms with Crippen molar-refractivity contribution in [3.63, 3.8) is 0 Å². The minimum absolute atomic E-state index is 0.0926. The first-order valence-electron chi connectivity index (χ1n) is 5.73. The molecule has 0 unspecified atom stereocenters. The Bertz CT molecular complexity index is 538. The molecular weight excluding hydrogens is 246 g/mol. The number of carbonyl (C=O) groups is 2. The topological polar surface area (TPSA) is 84.2 Å². The van der Waals surface area contributed by atoms with Gasteiger partial charge in [-0.15, -0.1) is 0 Å². The Morgan fingerprint density at radius 2 is 1.95 bits per heavy atom. The van der Waals surface area contributed by atoms with Crippen LogP contribution in [-0.4, -0.2) is 23.3 Å². The molecule has 2 aromatic rings. The van der Waals surface area contributed by atoms with Gasteiger partial charge in [0, 0.05) is 18.9 Å². The molecule has 0 saturated carbocycles. The van der Waals surface area contributed by atoms with Gasteiger partial charge in [-0.2, -0.15) is 0 Å². The molecule has 0 spiro atoms. The molecule has 2 aromatic heterocycles. The molecule has 0 aromatic carbocycles. The molecule has 98 valence electrons. The maximum Gasteiger partial charge on any atom is 0.287 e. The second-order valence-corrected chi connectivity index (χ2v) is 3.79. The molecule has 6 heteroatoms. The van der Waals surface area contributed by atoms with Gasteiger partial charge in [-0.25, -0.2) is 0 Å². The number of rotatable bonds is 5. The molecule has 2 heterocycles. The summed E-state index contributed by atoms with van der Waals surface area (Å²) in [5, 5.41) is 5.15. The molecule has 6 nitrogen and oxygen atoms in total. The summed E-state index contributed by atoms with van der Waals surface area (Å²) < 4.78 is 4.91. The van der Waals surface area contributed by atoms with Gasteiger partial charge in [0.1, 0.15) is 0 Å². The second-order valence-electron chi connectivity index (χ2n) is 3.79. The van der Waals surface area contributed by atoms with E-state index in [1.165, 1.54) is 12.3 Å². The van der Waals surface area contributed by atoms with Crippen molar-refractivity contribution in [2.45, 2.75) is 6.54 Å². The van der Waals surface area contributed by atoms with E-state index in [9.17, 15) is 9.59 Å². The van der Waals surface area contributed by atoms with Gasteiger partial charge < -0.3 is 15.1 Å². The highest BCUT2D eigenvalue weighted by Gasteiger charge is 2.09. The van der Waals surface area contributed by atoms with E-state index in [1.807, 2.05) is 12.1 Å². The van der Waals surface area contributed by atoms with Gasteiger partial charge in [0.25, 0.3) is 5.91 Å². The number of hydrogen-bond acceptors (Lipinski definition) is 4. The molecule has 0 atom stereocenters. The van der Waals surface area contributed by atoms with Gasteiger partial charge in [-0.3, -0.25) is 14.6 Å². The molecule has 0 aliphatic heterocycles. The number of amides is 2. The third-order valence-electron chi connectivity index (χ3n) is 2.39. The lowest BCUT2D eigenvalue weighted by Gasteiger charge is -2.05. The van der Waals surface area contributed by atoms with Crippen LogP contribution in [0.2, 0.25) is 0 Å². The summed E-state index contributed by atoms with van der Waals surface area (Å²) in [6.07, 6.45) is 4.71. The van der Waals surface area contributed by atoms with Crippen molar-refractivity contribution in [3.05, 3.63) is 54.2 Å². The summed E-state index contributed by atoms with van der Waals surface area (Å²) in [7, 11) is 0. The lowest BCUT2D eigenvalue weighted by Crippen LogP contribution is -2.36. The van der Waals surface area contributed by atoms with Crippen LogP contribution in [0.5, 0.6) is 0 Å². The Kier molecular flexibility index (Phi) is 4.28. The van der Waals surface area contributed by atoms with Crippen LogP contribution in [0.3, 0.4) is 0 Å². The lowest BCUT2D eigenvalue weighted by atomic mass is 10.3. The number of carbonyl (C=O) groups excluding carboxylic acids is 2. The third-order valence-corrected chi connectivity index (χ3v) is 2.39. The van der Waals surface area contributed by atoms with Crippen LogP contribution in [0.1, 0.15) is 16.1 Å². The zero-order valence-electron chi connectivity index (χ0n) is 10.1. The number of hydrogen-bond donors (Lipinski definition) is 2. The van der Waals surface area contributed by atoms with Gasteiger partial charge in [0.05, 0.1) is 12.8 Å². The highest BCUT2D eigenvalue weighted by molar-refractivity contribution is 5.94. The molecule has 0 aliphatic rings. The second kappa shape index (κ2) is 6.34. The number of pyridine rings is 1. The van der Waals surface area contributed by atoms with Gasteiger partial charge in [-0.05, 0) is 29.8 Å². The number of nitrogens with one attached hydrogen (secondary N) is 2. The number of nitrogens with zero attached hydrogens (tertiary/aromatic N) is 1. The molecule has 0 aliphatic carbocycles. The van der Waals surface area contributed by atoms with Gasteiger partial charge in [0.15, 0.2) is 5.76 Å². The van der Waals surface area contributed by atoms with E-state index < -0.39 is 5.91 Å². The molecule has 0 fully saturated rings. The van der Waals surface area contributed by atoms with Crippen molar-refractivity contribution in [3.8, 4) is 0 Å². The summed E-state index contributed by atoms with van der Waals surface area (Å²) in [5.74, 6) is -0.497. The van der Waals surface area contributed by atoms with Crippen LogP contribution in [-0.2, 0) is 11.3 Å². The van der Waals surface area contributed by atoms with Crippen molar-refractivity contribution in [2.24, 2.45) is 0 Å². The minimum atomic E-state index is -0.413. The zero-order chi connectivity index (χ0) is 13.5. The van der Waals surface area contributed by atoms with Crippen LogP contribution in [0, 0.1) is 0 Å². The summed E-state index contributed by atoms with van der Waals surface area (Å²) >= 11 is 0. The Labute approximate surface area is 109 Å². The molecule has 19 heavy (non-hydrogen) atoms. The van der Waals surface area contributed by atoms with Gasteiger partial charge in [0.2, 0.25) is 5.91 Å².